The standard InChI is InChI=1S/C14H18N2O3S/c1-10-4-2-7-14(12(10)8-15)20(18,19)16-9-11-5-3-6-13(11)17/h2,4,7,11,13,16-17H,3,5-6,9H2,1H3. The average molecular weight is 294 g/mol. The summed E-state index contributed by atoms with van der Waals surface area (Å²) in [5.74, 6) is -0.0416. The Kier molecular flexibility index (Phi) is 4.43. The van der Waals surface area contributed by atoms with Crippen molar-refractivity contribution in [1.29, 1.82) is 5.26 Å². The van der Waals surface area contributed by atoms with Gasteiger partial charge in [0, 0.05) is 6.54 Å². The van der Waals surface area contributed by atoms with Crippen LogP contribution in [0.15, 0.2) is 23.1 Å². The third kappa shape index (κ3) is 3.01. The van der Waals surface area contributed by atoms with Crippen LogP contribution >= 0.6 is 0 Å². The van der Waals surface area contributed by atoms with E-state index in [1.807, 2.05) is 6.07 Å². The summed E-state index contributed by atoms with van der Waals surface area (Å²) in [5, 5.41) is 18.8. The fourth-order valence-electron chi connectivity index (χ4n) is 2.56. The molecule has 1 aromatic rings. The Labute approximate surface area is 119 Å². The molecule has 5 nitrogen and oxygen atoms in total. The normalized spacial score (nSPS) is 22.6. The monoisotopic (exact) mass is 294 g/mol. The minimum Gasteiger partial charge on any atom is -0.393 e. The lowest BCUT2D eigenvalue weighted by Gasteiger charge is -2.16. The first-order valence-electron chi connectivity index (χ1n) is 6.63. The van der Waals surface area contributed by atoms with Crippen LogP contribution in [0.3, 0.4) is 0 Å². The van der Waals surface area contributed by atoms with E-state index in [2.05, 4.69) is 4.72 Å². The van der Waals surface area contributed by atoms with Gasteiger partial charge in [-0.05, 0) is 37.3 Å². The molecule has 0 heterocycles. The van der Waals surface area contributed by atoms with Gasteiger partial charge in [-0.2, -0.15) is 5.26 Å². The van der Waals surface area contributed by atoms with Gasteiger partial charge in [0.1, 0.15) is 6.07 Å². The summed E-state index contributed by atoms with van der Waals surface area (Å²) in [7, 11) is -3.72. The number of hydrogen-bond donors (Lipinski definition) is 2. The maximum absolute atomic E-state index is 12.3. The highest BCUT2D eigenvalue weighted by atomic mass is 32.2. The van der Waals surface area contributed by atoms with Crippen molar-refractivity contribution >= 4 is 10.0 Å². The summed E-state index contributed by atoms with van der Waals surface area (Å²) in [6.07, 6.45) is 2.02. The molecule has 0 bridgehead atoms. The molecule has 0 spiro atoms. The van der Waals surface area contributed by atoms with Crippen LogP contribution in [0.4, 0.5) is 0 Å². The molecule has 1 aromatic carbocycles. The number of hydrogen-bond acceptors (Lipinski definition) is 4. The Morgan fingerprint density at radius 1 is 1.45 bits per heavy atom. The first-order chi connectivity index (χ1) is 9.45. The Morgan fingerprint density at radius 3 is 2.80 bits per heavy atom. The van der Waals surface area contributed by atoms with Crippen LogP contribution in [0.2, 0.25) is 0 Å². The van der Waals surface area contributed by atoms with Crippen LogP contribution in [-0.4, -0.2) is 26.2 Å². The zero-order valence-electron chi connectivity index (χ0n) is 11.3. The molecule has 0 amide bonds. The smallest absolute Gasteiger partial charge is 0.241 e. The second kappa shape index (κ2) is 5.92. The third-order valence-electron chi connectivity index (χ3n) is 3.79. The number of nitriles is 1. The summed E-state index contributed by atoms with van der Waals surface area (Å²) in [5.41, 5.74) is 0.809. The van der Waals surface area contributed by atoms with Crippen molar-refractivity contribution in [3.8, 4) is 6.07 Å². The topological polar surface area (TPSA) is 90.2 Å². The number of nitrogens with one attached hydrogen (secondary N) is 1. The van der Waals surface area contributed by atoms with Gasteiger partial charge in [0.2, 0.25) is 10.0 Å². The van der Waals surface area contributed by atoms with Crippen molar-refractivity contribution in [3.63, 3.8) is 0 Å². The highest BCUT2D eigenvalue weighted by Gasteiger charge is 2.27. The zero-order chi connectivity index (χ0) is 14.8. The molecule has 1 saturated carbocycles. The van der Waals surface area contributed by atoms with Crippen LogP contribution in [0.5, 0.6) is 0 Å². The molecule has 20 heavy (non-hydrogen) atoms. The van der Waals surface area contributed by atoms with Crippen LogP contribution in [0.25, 0.3) is 0 Å². The average Bonchev–Trinajstić information content (AvgIpc) is 2.82. The van der Waals surface area contributed by atoms with E-state index in [0.717, 1.165) is 19.3 Å². The Bertz CT molecular complexity index is 634. The van der Waals surface area contributed by atoms with Gasteiger partial charge in [-0.3, -0.25) is 0 Å². The van der Waals surface area contributed by atoms with Crippen LogP contribution in [0.1, 0.15) is 30.4 Å². The van der Waals surface area contributed by atoms with Crippen LogP contribution in [-0.2, 0) is 10.0 Å². The fourth-order valence-corrected chi connectivity index (χ4v) is 3.88. The first kappa shape index (κ1) is 15.0. The summed E-state index contributed by atoms with van der Waals surface area (Å²) < 4.78 is 27.1. The minimum atomic E-state index is -3.72. The molecular weight excluding hydrogens is 276 g/mol. The van der Waals surface area contributed by atoms with Crippen LogP contribution in [0, 0.1) is 24.2 Å². The van der Waals surface area contributed by atoms with Gasteiger partial charge < -0.3 is 5.11 Å². The summed E-state index contributed by atoms with van der Waals surface area (Å²) >= 11 is 0. The quantitative estimate of drug-likeness (QED) is 0.876. The maximum atomic E-state index is 12.3. The lowest BCUT2D eigenvalue weighted by Crippen LogP contribution is -2.32. The molecule has 6 heteroatoms. The van der Waals surface area contributed by atoms with Gasteiger partial charge in [0.05, 0.1) is 16.6 Å². The molecular formula is C14H18N2O3S. The molecule has 2 unspecified atom stereocenters. The molecule has 0 radical (unpaired) electrons. The summed E-state index contributed by atoms with van der Waals surface area (Å²) in [4.78, 5) is 0.00693. The van der Waals surface area contributed by atoms with Crippen molar-refractivity contribution in [2.45, 2.75) is 37.2 Å². The van der Waals surface area contributed by atoms with Crippen molar-refractivity contribution in [2.75, 3.05) is 6.54 Å². The van der Waals surface area contributed by atoms with Gasteiger partial charge in [-0.15, -0.1) is 0 Å². The van der Waals surface area contributed by atoms with Crippen molar-refractivity contribution in [3.05, 3.63) is 29.3 Å². The van der Waals surface area contributed by atoms with Crippen molar-refractivity contribution < 1.29 is 13.5 Å². The van der Waals surface area contributed by atoms with E-state index in [1.165, 1.54) is 6.07 Å². The second-order valence-electron chi connectivity index (χ2n) is 5.17. The number of benzene rings is 1. The second-order valence-corrected chi connectivity index (χ2v) is 6.91. The van der Waals surface area contributed by atoms with Gasteiger partial charge in [0.15, 0.2) is 0 Å². The molecule has 2 N–H and O–H groups in total. The molecule has 0 aliphatic heterocycles. The SMILES string of the molecule is Cc1cccc(S(=O)(=O)NCC2CCCC2O)c1C#N. The largest absolute Gasteiger partial charge is 0.393 e. The first-order valence-corrected chi connectivity index (χ1v) is 8.11. The molecule has 108 valence electrons. The molecule has 2 rings (SSSR count). The Hall–Kier alpha value is -1.42. The van der Waals surface area contributed by atoms with E-state index in [0.29, 0.717) is 5.56 Å². The van der Waals surface area contributed by atoms with Crippen molar-refractivity contribution in [2.24, 2.45) is 5.92 Å². The number of sulfonamides is 1. The molecule has 0 aromatic heterocycles. The number of aryl methyl sites for hydroxylation is 1. The summed E-state index contributed by atoms with van der Waals surface area (Å²) in [6, 6.07) is 6.69. The minimum absolute atomic E-state index is 0.00693. The van der Waals surface area contributed by atoms with Gasteiger partial charge in [-0.1, -0.05) is 18.6 Å². The number of rotatable bonds is 4. The lowest BCUT2D eigenvalue weighted by atomic mass is 10.1. The van der Waals surface area contributed by atoms with Gasteiger partial charge in [-0.25, -0.2) is 13.1 Å². The third-order valence-corrected chi connectivity index (χ3v) is 5.26. The Balaban J connectivity index is 2.19. The van der Waals surface area contributed by atoms with E-state index >= 15 is 0 Å². The van der Waals surface area contributed by atoms with Crippen LogP contribution < -0.4 is 4.72 Å². The molecule has 1 aliphatic carbocycles. The molecule has 0 saturated heterocycles. The van der Waals surface area contributed by atoms with E-state index < -0.39 is 16.1 Å². The zero-order valence-corrected chi connectivity index (χ0v) is 12.2. The fraction of sp³-hybridized carbons (Fsp3) is 0.500. The highest BCUT2D eigenvalue weighted by molar-refractivity contribution is 7.89. The lowest BCUT2D eigenvalue weighted by molar-refractivity contribution is 0.134. The van der Waals surface area contributed by atoms with E-state index in [1.54, 1.807) is 19.1 Å². The molecule has 1 aliphatic rings. The predicted octanol–water partition coefficient (Wildman–Crippen LogP) is 1.31. The molecule has 2 atom stereocenters. The maximum Gasteiger partial charge on any atom is 0.241 e. The molecule has 1 fully saturated rings. The Morgan fingerprint density at radius 2 is 2.20 bits per heavy atom. The summed E-state index contributed by atoms with van der Waals surface area (Å²) in [6.45, 7) is 1.92. The van der Waals surface area contributed by atoms with E-state index in [4.69, 9.17) is 5.26 Å². The van der Waals surface area contributed by atoms with E-state index in [-0.39, 0.29) is 22.9 Å². The van der Waals surface area contributed by atoms with Gasteiger partial charge >= 0.3 is 0 Å². The number of aliphatic hydroxyl groups is 1. The predicted molar refractivity (Wildman–Crippen MR) is 74.4 cm³/mol. The van der Waals surface area contributed by atoms with Crippen molar-refractivity contribution in [1.82, 2.24) is 4.72 Å². The number of nitrogens with zero attached hydrogens (tertiary/aromatic N) is 1. The van der Waals surface area contributed by atoms with Gasteiger partial charge in [0.25, 0.3) is 0 Å². The number of aliphatic hydroxyl groups excluding tert-OH is 1. The van der Waals surface area contributed by atoms with E-state index in [9.17, 15) is 13.5 Å². The highest BCUT2D eigenvalue weighted by Crippen LogP contribution is 2.25.